The van der Waals surface area contributed by atoms with Gasteiger partial charge in [-0.1, -0.05) is 12.1 Å². The molecule has 0 bridgehead atoms. The van der Waals surface area contributed by atoms with Gasteiger partial charge in [-0.3, -0.25) is 9.59 Å². The molecule has 0 aliphatic heterocycles. The number of hydrogen-bond donors (Lipinski definition) is 2. The minimum Gasteiger partial charge on any atom is -0.347 e. The Morgan fingerprint density at radius 1 is 1.28 bits per heavy atom. The topological polar surface area (TPSA) is 109 Å². The van der Waals surface area contributed by atoms with E-state index in [1.807, 2.05) is 0 Å². The van der Waals surface area contributed by atoms with E-state index in [0.717, 1.165) is 4.88 Å². The summed E-state index contributed by atoms with van der Waals surface area (Å²) in [6.45, 7) is 0.282. The maximum absolute atomic E-state index is 12.2. The smallest absolute Gasteiger partial charge is 0.259 e. The lowest BCUT2D eigenvalue weighted by atomic mass is 10.1. The van der Waals surface area contributed by atoms with Crippen molar-refractivity contribution in [3.63, 3.8) is 0 Å². The minimum absolute atomic E-state index is 0.0573. The lowest BCUT2D eigenvalue weighted by Gasteiger charge is -2.05. The normalized spacial score (nSPS) is 11.6. The number of H-pyrrole nitrogens is 1. The van der Waals surface area contributed by atoms with E-state index in [0.29, 0.717) is 21.3 Å². The molecule has 2 aromatic heterocycles. The summed E-state index contributed by atoms with van der Waals surface area (Å²) in [4.78, 5) is 31.9. The van der Waals surface area contributed by atoms with Crippen LogP contribution in [0.5, 0.6) is 0 Å². The van der Waals surface area contributed by atoms with Crippen LogP contribution in [-0.4, -0.2) is 30.5 Å². The van der Waals surface area contributed by atoms with E-state index >= 15 is 0 Å². The van der Waals surface area contributed by atoms with E-state index in [2.05, 4.69) is 15.3 Å². The quantitative estimate of drug-likeness (QED) is 0.700. The zero-order valence-corrected chi connectivity index (χ0v) is 14.9. The molecule has 0 saturated heterocycles. The fourth-order valence-corrected chi connectivity index (χ4v) is 4.06. The van der Waals surface area contributed by atoms with Crippen molar-refractivity contribution in [2.75, 3.05) is 6.26 Å². The average Bonchev–Trinajstić information content (AvgIpc) is 2.96. The molecule has 2 heterocycles. The van der Waals surface area contributed by atoms with Crippen molar-refractivity contribution < 1.29 is 13.2 Å². The Bertz CT molecular complexity index is 1080. The van der Waals surface area contributed by atoms with Gasteiger partial charge in [0.2, 0.25) is 0 Å². The minimum atomic E-state index is -3.11. The van der Waals surface area contributed by atoms with Crippen molar-refractivity contribution in [1.29, 1.82) is 0 Å². The molecule has 9 heteroatoms. The van der Waals surface area contributed by atoms with Gasteiger partial charge in [0.1, 0.15) is 4.83 Å². The Labute approximate surface area is 147 Å². The molecule has 0 atom stereocenters. The number of carbonyl (C=O) groups is 1. The summed E-state index contributed by atoms with van der Waals surface area (Å²) >= 11 is 1.34. The predicted molar refractivity (Wildman–Crippen MR) is 96.4 cm³/mol. The molecule has 25 heavy (non-hydrogen) atoms. The van der Waals surface area contributed by atoms with Gasteiger partial charge >= 0.3 is 0 Å². The summed E-state index contributed by atoms with van der Waals surface area (Å²) in [7, 11) is -3.11. The number of thiophene rings is 1. The first-order chi connectivity index (χ1) is 11.8. The molecule has 0 radical (unpaired) electrons. The molecule has 0 aliphatic carbocycles. The van der Waals surface area contributed by atoms with Gasteiger partial charge in [-0.15, -0.1) is 11.3 Å². The van der Waals surface area contributed by atoms with Crippen LogP contribution in [0, 0.1) is 0 Å². The van der Waals surface area contributed by atoms with Gasteiger partial charge < -0.3 is 10.3 Å². The van der Waals surface area contributed by atoms with Gasteiger partial charge in [-0.25, -0.2) is 13.4 Å². The standard InChI is InChI=1S/C16H15N3O4S2/c1-25(22,23)8-10-2-4-11(5-3-10)14(20)17-7-12-6-13-15(21)18-9-19-16(13)24-12/h2-6,9H,7-8H2,1H3,(H,17,20)(H,18,19,21). The van der Waals surface area contributed by atoms with Crippen molar-refractivity contribution in [1.82, 2.24) is 15.3 Å². The number of amides is 1. The Morgan fingerprint density at radius 3 is 2.64 bits per heavy atom. The molecule has 0 aliphatic rings. The first-order valence-corrected chi connectivity index (χ1v) is 10.2. The van der Waals surface area contributed by atoms with Crippen LogP contribution in [0.2, 0.25) is 0 Å². The molecule has 0 saturated carbocycles. The zero-order chi connectivity index (χ0) is 18.0. The highest BCUT2D eigenvalue weighted by molar-refractivity contribution is 7.89. The van der Waals surface area contributed by atoms with Gasteiger partial charge in [0.25, 0.3) is 11.5 Å². The maximum Gasteiger partial charge on any atom is 0.259 e. The molecule has 1 aromatic carbocycles. The molecule has 0 spiro atoms. The maximum atomic E-state index is 12.2. The Morgan fingerprint density at radius 2 is 2.00 bits per heavy atom. The van der Waals surface area contributed by atoms with Gasteiger partial charge in [0, 0.05) is 16.7 Å². The number of benzene rings is 1. The van der Waals surface area contributed by atoms with Crippen molar-refractivity contribution in [2.24, 2.45) is 0 Å². The number of sulfone groups is 1. The van der Waals surface area contributed by atoms with E-state index in [1.54, 1.807) is 30.3 Å². The van der Waals surface area contributed by atoms with Crippen molar-refractivity contribution >= 4 is 37.3 Å². The molecule has 1 amide bonds. The van der Waals surface area contributed by atoms with Gasteiger partial charge in [0.15, 0.2) is 9.84 Å². The molecule has 3 rings (SSSR count). The third-order valence-electron chi connectivity index (χ3n) is 3.45. The molecule has 3 aromatic rings. The van der Waals surface area contributed by atoms with E-state index in [4.69, 9.17) is 0 Å². The summed E-state index contributed by atoms with van der Waals surface area (Å²) in [6, 6.07) is 8.14. The Hall–Kier alpha value is -2.52. The summed E-state index contributed by atoms with van der Waals surface area (Å²) < 4.78 is 22.5. The van der Waals surface area contributed by atoms with Crippen molar-refractivity contribution in [3.8, 4) is 0 Å². The van der Waals surface area contributed by atoms with Crippen LogP contribution in [0.4, 0.5) is 0 Å². The summed E-state index contributed by atoms with van der Waals surface area (Å²) in [5, 5.41) is 3.28. The van der Waals surface area contributed by atoms with E-state index in [1.165, 1.54) is 23.9 Å². The molecular formula is C16H15N3O4S2. The van der Waals surface area contributed by atoms with Crippen LogP contribution in [-0.2, 0) is 22.1 Å². The second-order valence-electron chi connectivity index (χ2n) is 5.61. The second-order valence-corrected chi connectivity index (χ2v) is 8.87. The number of nitrogens with zero attached hydrogens (tertiary/aromatic N) is 1. The molecule has 7 nitrogen and oxygen atoms in total. The van der Waals surface area contributed by atoms with Gasteiger partial charge in [0.05, 0.1) is 24.0 Å². The zero-order valence-electron chi connectivity index (χ0n) is 13.3. The number of aromatic amines is 1. The summed E-state index contributed by atoms with van der Waals surface area (Å²) in [5.41, 5.74) is 0.864. The number of fused-ring (bicyclic) bond motifs is 1. The van der Waals surface area contributed by atoms with Crippen LogP contribution < -0.4 is 10.9 Å². The SMILES string of the molecule is CS(=O)(=O)Cc1ccc(C(=O)NCc2cc3c(=O)[nH]cnc3s2)cc1. The third-order valence-corrected chi connectivity index (χ3v) is 5.35. The number of aromatic nitrogens is 2. The van der Waals surface area contributed by atoms with Gasteiger partial charge in [-0.05, 0) is 23.8 Å². The number of nitrogens with one attached hydrogen (secondary N) is 2. The van der Waals surface area contributed by atoms with E-state index in [-0.39, 0.29) is 23.8 Å². The van der Waals surface area contributed by atoms with Crippen LogP contribution in [0.15, 0.2) is 41.5 Å². The first-order valence-electron chi connectivity index (χ1n) is 7.33. The van der Waals surface area contributed by atoms with Gasteiger partial charge in [-0.2, -0.15) is 0 Å². The molecule has 130 valence electrons. The number of hydrogen-bond acceptors (Lipinski definition) is 6. The largest absolute Gasteiger partial charge is 0.347 e. The molecule has 0 unspecified atom stereocenters. The Balaban J connectivity index is 1.67. The highest BCUT2D eigenvalue weighted by atomic mass is 32.2. The lowest BCUT2D eigenvalue weighted by Crippen LogP contribution is -2.22. The Kier molecular flexibility index (Phi) is 4.69. The lowest BCUT2D eigenvalue weighted by molar-refractivity contribution is 0.0951. The first kappa shape index (κ1) is 17.3. The van der Waals surface area contributed by atoms with Crippen LogP contribution in [0.1, 0.15) is 20.8 Å². The third kappa shape index (κ3) is 4.31. The van der Waals surface area contributed by atoms with E-state index < -0.39 is 9.84 Å². The fourth-order valence-electron chi connectivity index (χ4n) is 2.33. The van der Waals surface area contributed by atoms with E-state index in [9.17, 15) is 18.0 Å². The second kappa shape index (κ2) is 6.77. The van der Waals surface area contributed by atoms with Crippen molar-refractivity contribution in [3.05, 3.63) is 63.0 Å². The van der Waals surface area contributed by atoms with Crippen LogP contribution in [0.25, 0.3) is 10.2 Å². The molecule has 2 N–H and O–H groups in total. The number of rotatable bonds is 5. The van der Waals surface area contributed by atoms with Crippen molar-refractivity contribution in [2.45, 2.75) is 12.3 Å². The monoisotopic (exact) mass is 377 g/mol. The number of carbonyl (C=O) groups excluding carboxylic acids is 1. The van der Waals surface area contributed by atoms with Crippen LogP contribution in [0.3, 0.4) is 0 Å². The molecule has 0 fully saturated rings. The molecular weight excluding hydrogens is 362 g/mol. The predicted octanol–water partition coefficient (Wildman–Crippen LogP) is 1.46. The summed E-state index contributed by atoms with van der Waals surface area (Å²) in [6.07, 6.45) is 2.51. The van der Waals surface area contributed by atoms with Crippen LogP contribution >= 0.6 is 11.3 Å². The average molecular weight is 377 g/mol. The fraction of sp³-hybridized carbons (Fsp3) is 0.188. The summed E-state index contributed by atoms with van der Waals surface area (Å²) in [5.74, 6) is -0.330. The highest BCUT2D eigenvalue weighted by Crippen LogP contribution is 2.20. The highest BCUT2D eigenvalue weighted by Gasteiger charge is 2.10.